The van der Waals surface area contributed by atoms with Gasteiger partial charge in [-0.3, -0.25) is 4.98 Å². The second kappa shape index (κ2) is 4.95. The van der Waals surface area contributed by atoms with E-state index in [1.54, 1.807) is 49.7 Å². The highest BCUT2D eigenvalue weighted by Gasteiger charge is 2.56. The molecule has 0 saturated heterocycles. The van der Waals surface area contributed by atoms with Crippen LogP contribution in [-0.4, -0.2) is 4.98 Å². The highest BCUT2D eigenvalue weighted by atomic mass is 14.7. The van der Waals surface area contributed by atoms with Gasteiger partial charge in [0, 0.05) is 12.4 Å². The maximum atomic E-state index is 4.73. The van der Waals surface area contributed by atoms with Gasteiger partial charge in [-0.05, 0) is 141 Å². The molecule has 8 bridgehead atoms. The fourth-order valence-corrected chi connectivity index (χ4v) is 10.2. The molecule has 0 amide bonds. The molecule has 1 heterocycles. The summed E-state index contributed by atoms with van der Waals surface area (Å²) >= 11 is 0. The minimum Gasteiger partial charge on any atom is -0.264 e. The lowest BCUT2D eigenvalue weighted by Crippen LogP contribution is -2.52. The predicted molar refractivity (Wildman–Crippen MR) is 104 cm³/mol. The largest absolute Gasteiger partial charge is 0.264 e. The molecule has 9 rings (SSSR count). The Labute approximate surface area is 158 Å². The molecular weight excluding hydrogens is 314 g/mol. The van der Waals surface area contributed by atoms with Crippen LogP contribution in [0.2, 0.25) is 0 Å². The van der Waals surface area contributed by atoms with Crippen molar-refractivity contribution in [2.24, 2.45) is 35.5 Å². The lowest BCUT2D eigenvalue weighted by Gasteiger charge is -2.60. The van der Waals surface area contributed by atoms with E-state index >= 15 is 0 Å². The second-order valence-corrected chi connectivity index (χ2v) is 11.8. The van der Waals surface area contributed by atoms with E-state index in [1.807, 2.05) is 0 Å². The fourth-order valence-electron chi connectivity index (χ4n) is 10.2. The first-order valence-corrected chi connectivity index (χ1v) is 11.6. The minimum absolute atomic E-state index is 0.516. The first-order chi connectivity index (χ1) is 12.7. The van der Waals surface area contributed by atoms with Gasteiger partial charge in [0.05, 0.1) is 0 Å². The van der Waals surface area contributed by atoms with E-state index in [2.05, 4.69) is 18.5 Å². The average Bonchev–Trinajstić information content (AvgIpc) is 2.59. The highest BCUT2D eigenvalue weighted by Crippen LogP contribution is 2.65. The van der Waals surface area contributed by atoms with Crippen molar-refractivity contribution in [2.45, 2.75) is 87.9 Å². The fraction of sp³-hybridized carbons (Fsp3) is 0.800. The van der Waals surface area contributed by atoms with E-state index in [0.29, 0.717) is 10.8 Å². The van der Waals surface area contributed by atoms with Crippen LogP contribution in [0, 0.1) is 35.5 Å². The van der Waals surface area contributed by atoms with Gasteiger partial charge in [0.1, 0.15) is 0 Å². The third-order valence-electron chi connectivity index (χ3n) is 10.0. The molecule has 0 radical (unpaired) electrons. The van der Waals surface area contributed by atoms with Crippen LogP contribution in [0.4, 0.5) is 0 Å². The SMILES string of the molecule is c1cc(C23CC4CC(CC(C4)C2)C3)c(C23CC4CC(CC(C4)C2)C3)cn1. The van der Waals surface area contributed by atoms with Gasteiger partial charge in [-0.15, -0.1) is 0 Å². The number of hydrogen-bond donors (Lipinski definition) is 0. The van der Waals surface area contributed by atoms with Crippen molar-refractivity contribution in [3.8, 4) is 0 Å². The number of nitrogens with zero attached hydrogens (tertiary/aromatic N) is 1. The van der Waals surface area contributed by atoms with Crippen LogP contribution < -0.4 is 0 Å². The minimum atomic E-state index is 0.516. The predicted octanol–water partition coefficient (Wildman–Crippen LogP) is 6.02. The molecule has 0 aliphatic heterocycles. The molecule has 1 nitrogen and oxygen atoms in total. The molecule has 1 aromatic rings. The number of pyridine rings is 1. The third-order valence-corrected chi connectivity index (χ3v) is 10.0. The lowest BCUT2D eigenvalue weighted by atomic mass is 9.44. The summed E-state index contributed by atoms with van der Waals surface area (Å²) in [6.07, 6.45) is 22.8. The maximum absolute atomic E-state index is 4.73. The monoisotopic (exact) mass is 347 g/mol. The Balaban J connectivity index is 1.36. The van der Waals surface area contributed by atoms with Crippen LogP contribution in [0.5, 0.6) is 0 Å². The van der Waals surface area contributed by atoms with Crippen LogP contribution in [0.1, 0.15) is 88.2 Å². The van der Waals surface area contributed by atoms with E-state index < -0.39 is 0 Å². The van der Waals surface area contributed by atoms with Crippen molar-refractivity contribution >= 4 is 0 Å². The highest BCUT2D eigenvalue weighted by molar-refractivity contribution is 5.41. The Hall–Kier alpha value is -0.850. The third kappa shape index (κ3) is 1.96. The van der Waals surface area contributed by atoms with Crippen LogP contribution in [-0.2, 0) is 10.8 Å². The van der Waals surface area contributed by atoms with E-state index in [9.17, 15) is 0 Å². The van der Waals surface area contributed by atoms with Gasteiger partial charge in [0.15, 0.2) is 0 Å². The van der Waals surface area contributed by atoms with Gasteiger partial charge in [-0.25, -0.2) is 0 Å². The summed E-state index contributed by atoms with van der Waals surface area (Å²) < 4.78 is 0. The topological polar surface area (TPSA) is 12.9 Å². The van der Waals surface area contributed by atoms with Gasteiger partial charge < -0.3 is 0 Å². The second-order valence-electron chi connectivity index (χ2n) is 11.8. The molecule has 0 spiro atoms. The van der Waals surface area contributed by atoms with E-state index in [1.165, 1.54) is 38.5 Å². The van der Waals surface area contributed by atoms with Gasteiger partial charge in [0.2, 0.25) is 0 Å². The first-order valence-electron chi connectivity index (χ1n) is 11.6. The molecule has 8 aliphatic rings. The van der Waals surface area contributed by atoms with Crippen molar-refractivity contribution in [3.63, 3.8) is 0 Å². The Morgan fingerprint density at radius 3 is 1.38 bits per heavy atom. The van der Waals surface area contributed by atoms with Crippen LogP contribution >= 0.6 is 0 Å². The summed E-state index contributed by atoms with van der Waals surface area (Å²) in [7, 11) is 0. The molecule has 0 aromatic carbocycles. The molecule has 8 fully saturated rings. The summed E-state index contributed by atoms with van der Waals surface area (Å²) in [5.74, 6) is 6.22. The molecule has 0 unspecified atom stereocenters. The lowest BCUT2D eigenvalue weighted by molar-refractivity contribution is -0.0176. The van der Waals surface area contributed by atoms with E-state index in [4.69, 9.17) is 4.98 Å². The van der Waals surface area contributed by atoms with Crippen molar-refractivity contribution in [2.75, 3.05) is 0 Å². The van der Waals surface area contributed by atoms with Gasteiger partial charge >= 0.3 is 0 Å². The van der Waals surface area contributed by atoms with E-state index in [0.717, 1.165) is 35.5 Å². The smallest absolute Gasteiger partial charge is 0.0308 e. The van der Waals surface area contributed by atoms with Crippen molar-refractivity contribution in [1.29, 1.82) is 0 Å². The quantitative estimate of drug-likeness (QED) is 0.637. The summed E-state index contributed by atoms with van der Waals surface area (Å²) in [5.41, 5.74) is 4.60. The zero-order valence-electron chi connectivity index (χ0n) is 16.1. The molecular formula is C25H33N. The van der Waals surface area contributed by atoms with Gasteiger partial charge in [-0.2, -0.15) is 0 Å². The Morgan fingerprint density at radius 1 is 0.577 bits per heavy atom. The number of rotatable bonds is 2. The van der Waals surface area contributed by atoms with Gasteiger partial charge in [-0.1, -0.05) is 0 Å². The van der Waals surface area contributed by atoms with Crippen molar-refractivity contribution < 1.29 is 0 Å². The molecule has 8 saturated carbocycles. The normalized spacial score (nSPS) is 53.4. The Bertz CT molecular complexity index is 613. The Kier molecular flexibility index (Phi) is 2.88. The number of hydrogen-bond acceptors (Lipinski definition) is 1. The summed E-state index contributed by atoms with van der Waals surface area (Å²) in [5, 5.41) is 0. The van der Waals surface area contributed by atoms with Crippen LogP contribution in [0.25, 0.3) is 0 Å². The van der Waals surface area contributed by atoms with E-state index in [-0.39, 0.29) is 0 Å². The first kappa shape index (κ1) is 15.1. The van der Waals surface area contributed by atoms with Crippen LogP contribution in [0.15, 0.2) is 18.5 Å². The summed E-state index contributed by atoms with van der Waals surface area (Å²) in [6.45, 7) is 0. The molecule has 26 heavy (non-hydrogen) atoms. The molecule has 0 N–H and O–H groups in total. The van der Waals surface area contributed by atoms with Crippen LogP contribution in [0.3, 0.4) is 0 Å². The standard InChI is InChI=1S/C25H33N/c1-2-26-15-23(25-12-19-6-20(13-25)8-21(7-19)14-25)22(1)24-9-16-3-17(10-24)5-18(4-16)11-24/h1-2,15-21H,3-14H2. The molecule has 1 heteroatoms. The van der Waals surface area contributed by atoms with Crippen molar-refractivity contribution in [1.82, 2.24) is 4.98 Å². The molecule has 1 aromatic heterocycles. The average molecular weight is 348 g/mol. The Morgan fingerprint density at radius 2 is 0.962 bits per heavy atom. The molecule has 0 atom stereocenters. The van der Waals surface area contributed by atoms with Gasteiger partial charge in [0.25, 0.3) is 0 Å². The summed E-state index contributed by atoms with van der Waals surface area (Å²) in [6, 6.07) is 2.50. The maximum Gasteiger partial charge on any atom is 0.0308 e. The zero-order chi connectivity index (χ0) is 16.9. The van der Waals surface area contributed by atoms with Crippen molar-refractivity contribution in [3.05, 3.63) is 29.6 Å². The molecule has 8 aliphatic carbocycles. The zero-order valence-corrected chi connectivity index (χ0v) is 16.1. The summed E-state index contributed by atoms with van der Waals surface area (Å²) in [4.78, 5) is 4.73. The molecule has 138 valence electrons. The number of aromatic nitrogens is 1.